The quantitative estimate of drug-likeness (QED) is 0.711. The lowest BCUT2D eigenvalue weighted by Gasteiger charge is -2.21. The van der Waals surface area contributed by atoms with Crippen molar-refractivity contribution < 1.29 is 4.42 Å². The number of nitrogens with zero attached hydrogens (tertiary/aromatic N) is 1. The highest BCUT2D eigenvalue weighted by Gasteiger charge is 2.17. The molecule has 1 N–H and O–H groups in total. The normalized spacial score (nSPS) is 22.5. The maximum absolute atomic E-state index is 8.59. The molecule has 68 valence electrons. The van der Waals surface area contributed by atoms with Gasteiger partial charge in [-0.25, -0.2) is 0 Å². The molecule has 0 radical (unpaired) electrons. The first-order chi connectivity index (χ1) is 6.40. The second-order valence-electron chi connectivity index (χ2n) is 3.32. The molecule has 2 heterocycles. The van der Waals surface area contributed by atoms with E-state index in [0.717, 1.165) is 18.7 Å². The molecule has 1 aromatic heterocycles. The Bertz CT molecular complexity index is 318. The molecule has 3 nitrogen and oxygen atoms in total. The van der Waals surface area contributed by atoms with Crippen LogP contribution in [-0.2, 0) is 0 Å². The van der Waals surface area contributed by atoms with Crippen LogP contribution >= 0.6 is 0 Å². The molecule has 0 spiro atoms. The highest BCUT2D eigenvalue weighted by molar-refractivity contribution is 5.20. The lowest BCUT2D eigenvalue weighted by atomic mass is 10.0. The number of piperidine rings is 1. The molecule has 1 atom stereocenters. The zero-order valence-electron chi connectivity index (χ0n) is 7.42. The summed E-state index contributed by atoms with van der Waals surface area (Å²) in [4.78, 5) is 0. The van der Waals surface area contributed by atoms with E-state index in [1.165, 1.54) is 12.8 Å². The zero-order chi connectivity index (χ0) is 9.10. The van der Waals surface area contributed by atoms with Gasteiger partial charge in [0.05, 0.1) is 6.04 Å². The smallest absolute Gasteiger partial charge is 0.203 e. The van der Waals surface area contributed by atoms with Crippen LogP contribution in [0.25, 0.3) is 0 Å². The van der Waals surface area contributed by atoms with Crippen LogP contribution in [0.3, 0.4) is 0 Å². The van der Waals surface area contributed by atoms with Crippen molar-refractivity contribution in [2.75, 3.05) is 6.54 Å². The van der Waals surface area contributed by atoms with Crippen molar-refractivity contribution in [3.05, 3.63) is 23.7 Å². The van der Waals surface area contributed by atoms with E-state index in [1.807, 2.05) is 12.1 Å². The largest absolute Gasteiger partial charge is 0.449 e. The summed E-state index contributed by atoms with van der Waals surface area (Å²) in [6, 6.07) is 5.93. The van der Waals surface area contributed by atoms with E-state index in [0.29, 0.717) is 11.8 Å². The van der Waals surface area contributed by atoms with E-state index in [-0.39, 0.29) is 0 Å². The Labute approximate surface area is 77.4 Å². The van der Waals surface area contributed by atoms with Gasteiger partial charge in [-0.1, -0.05) is 6.42 Å². The SMILES string of the molecule is N#Cc1ccc(C2CCCCN2)o1. The zero-order valence-corrected chi connectivity index (χ0v) is 7.42. The average molecular weight is 176 g/mol. The van der Waals surface area contributed by atoms with Gasteiger partial charge in [0.1, 0.15) is 11.8 Å². The summed E-state index contributed by atoms with van der Waals surface area (Å²) in [5.41, 5.74) is 0. The van der Waals surface area contributed by atoms with Crippen molar-refractivity contribution >= 4 is 0 Å². The molecular weight excluding hydrogens is 164 g/mol. The van der Waals surface area contributed by atoms with E-state index < -0.39 is 0 Å². The summed E-state index contributed by atoms with van der Waals surface area (Å²) in [5, 5.41) is 12.0. The number of furan rings is 1. The predicted molar refractivity (Wildman–Crippen MR) is 48.0 cm³/mol. The van der Waals surface area contributed by atoms with Crippen LogP contribution < -0.4 is 5.32 Å². The molecule has 0 amide bonds. The van der Waals surface area contributed by atoms with Crippen LogP contribution in [0, 0.1) is 11.3 Å². The Kier molecular flexibility index (Phi) is 2.33. The molecule has 0 aromatic carbocycles. The minimum atomic E-state index is 0.316. The van der Waals surface area contributed by atoms with Gasteiger partial charge in [0.2, 0.25) is 5.76 Å². The first-order valence-corrected chi connectivity index (χ1v) is 4.63. The summed E-state index contributed by atoms with van der Waals surface area (Å²) in [5.74, 6) is 1.30. The monoisotopic (exact) mass is 176 g/mol. The molecule has 1 saturated heterocycles. The second-order valence-corrected chi connectivity index (χ2v) is 3.32. The Hall–Kier alpha value is -1.27. The fraction of sp³-hybridized carbons (Fsp3) is 0.500. The number of rotatable bonds is 1. The van der Waals surface area contributed by atoms with Crippen molar-refractivity contribution in [1.82, 2.24) is 5.32 Å². The van der Waals surface area contributed by atoms with Gasteiger partial charge in [-0.15, -0.1) is 0 Å². The van der Waals surface area contributed by atoms with Gasteiger partial charge in [-0.3, -0.25) is 0 Å². The summed E-state index contributed by atoms with van der Waals surface area (Å²) >= 11 is 0. The molecule has 1 unspecified atom stereocenters. The van der Waals surface area contributed by atoms with Crippen molar-refractivity contribution in [3.63, 3.8) is 0 Å². The first kappa shape index (κ1) is 8.33. The Morgan fingerprint density at radius 1 is 1.46 bits per heavy atom. The third-order valence-corrected chi connectivity index (χ3v) is 2.39. The lowest BCUT2D eigenvalue weighted by molar-refractivity contribution is 0.347. The van der Waals surface area contributed by atoms with Crippen molar-refractivity contribution in [2.45, 2.75) is 25.3 Å². The Balaban J connectivity index is 2.11. The molecule has 1 aromatic rings. The molecule has 1 aliphatic heterocycles. The van der Waals surface area contributed by atoms with Crippen molar-refractivity contribution in [3.8, 4) is 6.07 Å². The van der Waals surface area contributed by atoms with Crippen LogP contribution in [0.15, 0.2) is 16.5 Å². The fourth-order valence-corrected chi connectivity index (χ4v) is 1.69. The Morgan fingerprint density at radius 3 is 3.00 bits per heavy atom. The number of nitrogens with one attached hydrogen (secondary N) is 1. The second kappa shape index (κ2) is 3.63. The minimum Gasteiger partial charge on any atom is -0.449 e. The number of nitriles is 1. The molecular formula is C10H12N2O. The number of hydrogen-bond acceptors (Lipinski definition) is 3. The molecule has 13 heavy (non-hydrogen) atoms. The molecule has 0 saturated carbocycles. The van der Waals surface area contributed by atoms with Gasteiger partial charge in [0.25, 0.3) is 0 Å². The van der Waals surface area contributed by atoms with Crippen LogP contribution in [0.4, 0.5) is 0 Å². The Morgan fingerprint density at radius 2 is 2.38 bits per heavy atom. The van der Waals surface area contributed by atoms with E-state index in [9.17, 15) is 0 Å². The van der Waals surface area contributed by atoms with Crippen LogP contribution in [0.2, 0.25) is 0 Å². The van der Waals surface area contributed by atoms with Crippen LogP contribution in [-0.4, -0.2) is 6.54 Å². The van der Waals surface area contributed by atoms with Gasteiger partial charge in [-0.2, -0.15) is 5.26 Å². The highest BCUT2D eigenvalue weighted by Crippen LogP contribution is 2.24. The van der Waals surface area contributed by atoms with Crippen molar-refractivity contribution in [2.24, 2.45) is 0 Å². The van der Waals surface area contributed by atoms with Gasteiger partial charge in [-0.05, 0) is 31.5 Å². The number of hydrogen-bond donors (Lipinski definition) is 1. The molecule has 0 bridgehead atoms. The van der Waals surface area contributed by atoms with Gasteiger partial charge < -0.3 is 9.73 Å². The van der Waals surface area contributed by atoms with E-state index in [2.05, 4.69) is 5.32 Å². The summed E-state index contributed by atoms with van der Waals surface area (Å²) in [6.45, 7) is 1.05. The third kappa shape index (κ3) is 1.73. The molecule has 3 heteroatoms. The van der Waals surface area contributed by atoms with E-state index >= 15 is 0 Å². The van der Waals surface area contributed by atoms with Crippen LogP contribution in [0.5, 0.6) is 0 Å². The fourth-order valence-electron chi connectivity index (χ4n) is 1.69. The van der Waals surface area contributed by atoms with Gasteiger partial charge in [0, 0.05) is 0 Å². The maximum Gasteiger partial charge on any atom is 0.203 e. The van der Waals surface area contributed by atoms with Crippen LogP contribution in [0.1, 0.15) is 36.8 Å². The minimum absolute atomic E-state index is 0.316. The van der Waals surface area contributed by atoms with Gasteiger partial charge in [0.15, 0.2) is 0 Å². The predicted octanol–water partition coefficient (Wildman–Crippen LogP) is 1.97. The average Bonchev–Trinajstić information content (AvgIpc) is 2.67. The molecule has 1 aliphatic rings. The van der Waals surface area contributed by atoms with E-state index in [4.69, 9.17) is 9.68 Å². The maximum atomic E-state index is 8.59. The molecule has 2 rings (SSSR count). The van der Waals surface area contributed by atoms with Crippen molar-refractivity contribution in [1.29, 1.82) is 5.26 Å². The lowest BCUT2D eigenvalue weighted by Crippen LogP contribution is -2.26. The summed E-state index contributed by atoms with van der Waals surface area (Å²) in [6.07, 6.45) is 3.58. The summed E-state index contributed by atoms with van der Waals surface area (Å²) < 4.78 is 5.35. The standard InChI is InChI=1S/C10H12N2O/c11-7-8-4-5-10(13-8)9-3-1-2-6-12-9/h4-5,9,12H,1-3,6H2. The highest BCUT2D eigenvalue weighted by atomic mass is 16.3. The first-order valence-electron chi connectivity index (χ1n) is 4.63. The molecule has 1 fully saturated rings. The van der Waals surface area contributed by atoms with Gasteiger partial charge >= 0.3 is 0 Å². The van der Waals surface area contributed by atoms with E-state index in [1.54, 1.807) is 6.07 Å². The topological polar surface area (TPSA) is 49.0 Å². The molecule has 0 aliphatic carbocycles. The summed E-state index contributed by atoms with van der Waals surface area (Å²) in [7, 11) is 0. The third-order valence-electron chi connectivity index (χ3n) is 2.39.